The Balaban J connectivity index is 1.51. The number of amides is 1. The Morgan fingerprint density at radius 2 is 1.59 bits per heavy atom. The van der Waals surface area contributed by atoms with E-state index in [1.165, 1.54) is 49.5 Å². The van der Waals surface area contributed by atoms with E-state index in [4.69, 9.17) is 0 Å². The number of carbonyl (C=O) groups is 1. The van der Waals surface area contributed by atoms with Crippen molar-refractivity contribution in [2.75, 3.05) is 18.0 Å². The molecule has 1 amide bonds. The lowest BCUT2D eigenvalue weighted by molar-refractivity contribution is -0.119. The Morgan fingerprint density at radius 1 is 0.935 bits per heavy atom. The van der Waals surface area contributed by atoms with Gasteiger partial charge in [0, 0.05) is 25.5 Å². The minimum absolute atomic E-state index is 0.180. The van der Waals surface area contributed by atoms with E-state index < -0.39 is 63.0 Å². The molecule has 1 aliphatic carbocycles. The first-order valence-electron chi connectivity index (χ1n) is 14.6. The van der Waals surface area contributed by atoms with Crippen molar-refractivity contribution in [1.82, 2.24) is 18.8 Å². The number of rotatable bonds is 9. The Kier molecular flexibility index (Phi) is 9.54. The van der Waals surface area contributed by atoms with Crippen molar-refractivity contribution in [3.63, 3.8) is 0 Å². The molecule has 0 spiro atoms. The van der Waals surface area contributed by atoms with Gasteiger partial charge in [-0.05, 0) is 48.6 Å². The number of pyridine rings is 1. The van der Waals surface area contributed by atoms with Gasteiger partial charge in [0.05, 0.1) is 36.0 Å². The van der Waals surface area contributed by atoms with Gasteiger partial charge in [-0.1, -0.05) is 32.3 Å². The second-order valence-electron chi connectivity index (χ2n) is 11.1. The highest BCUT2D eigenvalue weighted by molar-refractivity contribution is 7.89. The van der Waals surface area contributed by atoms with Crippen molar-refractivity contribution in [2.24, 2.45) is 7.05 Å². The summed E-state index contributed by atoms with van der Waals surface area (Å²) in [6.07, 6.45) is 8.53. The number of hydrogen-bond donors (Lipinski definition) is 0. The molecular weight excluding hydrogens is 633 g/mol. The molecule has 2 aromatic heterocycles. The predicted molar refractivity (Wildman–Crippen MR) is 159 cm³/mol. The number of fused-ring (bicyclic) bond motifs is 1. The Hall–Kier alpha value is -4.24. The molecule has 2 aromatic carbocycles. The van der Waals surface area contributed by atoms with Gasteiger partial charge in [-0.25, -0.2) is 35.4 Å². The van der Waals surface area contributed by atoms with Crippen molar-refractivity contribution in [2.45, 2.75) is 56.4 Å². The number of sulfonamides is 1. The number of aromatic nitrogens is 3. The maximum atomic E-state index is 14.6. The molecule has 4 aromatic rings. The van der Waals surface area contributed by atoms with Crippen LogP contribution >= 0.6 is 0 Å². The van der Waals surface area contributed by atoms with E-state index in [-0.39, 0.29) is 28.7 Å². The van der Waals surface area contributed by atoms with Crippen LogP contribution in [-0.4, -0.2) is 46.3 Å². The zero-order valence-electron chi connectivity index (χ0n) is 24.9. The van der Waals surface area contributed by atoms with Crippen molar-refractivity contribution < 1.29 is 35.2 Å². The second kappa shape index (κ2) is 13.2. The number of likely N-dealkylation sites (N-methyl/N-ethyl adjacent to an activating group) is 1. The molecule has 0 atom stereocenters. The quantitative estimate of drug-likeness (QED) is 0.137. The standard InChI is InChI=1S/C31H30F5N5O4S/c1-3-40(46(44,45)30-28(35)26(33)25(32)27(34)29(30)36)16-24(42)41(21-11-12-22-23(13-21)38-17-39(2)31(22)43)15-20-10-9-19(14-37-20)18-7-5-4-6-8-18/h9-14,17-18H,3-8,15-16H2,1-2H3. The van der Waals surface area contributed by atoms with Crippen LogP contribution < -0.4 is 10.5 Å². The topological polar surface area (TPSA) is 105 Å². The van der Waals surface area contributed by atoms with Crippen molar-refractivity contribution in [3.8, 4) is 0 Å². The van der Waals surface area contributed by atoms with Gasteiger partial charge in [-0.15, -0.1) is 0 Å². The largest absolute Gasteiger partial charge is 0.305 e. The van der Waals surface area contributed by atoms with Crippen molar-refractivity contribution >= 4 is 32.5 Å². The molecular formula is C31H30F5N5O4S. The van der Waals surface area contributed by atoms with Gasteiger partial charge >= 0.3 is 0 Å². The molecule has 9 nitrogen and oxygen atoms in total. The van der Waals surface area contributed by atoms with Gasteiger partial charge in [0.25, 0.3) is 5.56 Å². The van der Waals surface area contributed by atoms with E-state index in [0.717, 1.165) is 36.1 Å². The highest BCUT2D eigenvalue weighted by Crippen LogP contribution is 2.33. The summed E-state index contributed by atoms with van der Waals surface area (Å²) >= 11 is 0. The van der Waals surface area contributed by atoms with Gasteiger partial charge in [0.1, 0.15) is 0 Å². The minimum Gasteiger partial charge on any atom is -0.305 e. The second-order valence-corrected chi connectivity index (χ2v) is 13.0. The maximum Gasteiger partial charge on any atom is 0.260 e. The number of benzene rings is 2. The highest BCUT2D eigenvalue weighted by atomic mass is 32.2. The summed E-state index contributed by atoms with van der Waals surface area (Å²) in [5, 5.41) is 0.250. The first-order valence-corrected chi connectivity index (χ1v) is 16.0. The normalized spacial score (nSPS) is 14.3. The lowest BCUT2D eigenvalue weighted by Crippen LogP contribution is -2.43. The van der Waals surface area contributed by atoms with E-state index in [1.54, 1.807) is 12.3 Å². The SMILES string of the molecule is CCN(CC(=O)N(Cc1ccc(C2CCCCC2)cn1)c1ccc2c(=O)n(C)cnc2c1)S(=O)(=O)c1c(F)c(F)c(F)c(F)c1F. The van der Waals surface area contributed by atoms with Crippen molar-refractivity contribution in [1.29, 1.82) is 0 Å². The van der Waals surface area contributed by atoms with Crippen LogP contribution in [0.4, 0.5) is 27.6 Å². The molecule has 46 heavy (non-hydrogen) atoms. The fourth-order valence-corrected chi connectivity index (χ4v) is 7.11. The van der Waals surface area contributed by atoms with Gasteiger partial charge < -0.3 is 9.47 Å². The number of hydrogen-bond acceptors (Lipinski definition) is 6. The number of nitrogens with zero attached hydrogens (tertiary/aromatic N) is 5. The fraction of sp³-hybridized carbons (Fsp3) is 0.355. The molecule has 1 aliphatic rings. The van der Waals surface area contributed by atoms with Crippen LogP contribution in [0.15, 0.2) is 52.5 Å². The third-order valence-electron chi connectivity index (χ3n) is 8.19. The average molecular weight is 664 g/mol. The minimum atomic E-state index is -5.40. The van der Waals surface area contributed by atoms with E-state index in [0.29, 0.717) is 15.9 Å². The summed E-state index contributed by atoms with van der Waals surface area (Å²) in [6, 6.07) is 8.00. The summed E-state index contributed by atoms with van der Waals surface area (Å²) < 4.78 is 98.7. The number of carbonyl (C=O) groups excluding carboxylic acids is 1. The molecule has 0 unspecified atom stereocenters. The first kappa shape index (κ1) is 33.1. The Labute approximate surface area is 261 Å². The van der Waals surface area contributed by atoms with E-state index >= 15 is 0 Å². The molecule has 244 valence electrons. The summed E-state index contributed by atoms with van der Waals surface area (Å²) in [5.74, 6) is -13.0. The van der Waals surface area contributed by atoms with E-state index in [2.05, 4.69) is 9.97 Å². The number of halogens is 5. The summed E-state index contributed by atoms with van der Waals surface area (Å²) in [4.78, 5) is 34.3. The molecule has 1 fully saturated rings. The summed E-state index contributed by atoms with van der Waals surface area (Å²) in [5.41, 5.74) is 1.57. The molecule has 15 heteroatoms. The molecule has 2 heterocycles. The highest BCUT2D eigenvalue weighted by Gasteiger charge is 2.38. The molecule has 0 radical (unpaired) electrons. The third kappa shape index (κ3) is 6.25. The summed E-state index contributed by atoms with van der Waals surface area (Å²) in [7, 11) is -3.88. The molecule has 0 bridgehead atoms. The zero-order valence-corrected chi connectivity index (χ0v) is 25.8. The Morgan fingerprint density at radius 3 is 2.20 bits per heavy atom. The van der Waals surface area contributed by atoms with Gasteiger partial charge in [-0.3, -0.25) is 14.6 Å². The number of anilines is 1. The monoisotopic (exact) mass is 663 g/mol. The van der Waals surface area contributed by atoms with Gasteiger partial charge in [0.2, 0.25) is 21.7 Å². The molecule has 0 N–H and O–H groups in total. The van der Waals surface area contributed by atoms with Crippen LogP contribution in [0.1, 0.15) is 56.2 Å². The van der Waals surface area contributed by atoms with Crippen LogP contribution in [-0.2, 0) is 28.4 Å². The van der Waals surface area contributed by atoms with Crippen LogP contribution in [0.5, 0.6) is 0 Å². The maximum absolute atomic E-state index is 14.6. The van der Waals surface area contributed by atoms with Crippen LogP contribution in [0, 0.1) is 29.1 Å². The molecule has 0 saturated heterocycles. The van der Waals surface area contributed by atoms with Gasteiger partial charge in [0.15, 0.2) is 28.2 Å². The van der Waals surface area contributed by atoms with Crippen LogP contribution in [0.2, 0.25) is 0 Å². The zero-order chi connectivity index (χ0) is 33.3. The lowest BCUT2D eigenvalue weighted by Gasteiger charge is -2.27. The van der Waals surface area contributed by atoms with E-state index in [9.17, 15) is 40.0 Å². The lowest BCUT2D eigenvalue weighted by atomic mass is 9.85. The predicted octanol–water partition coefficient (Wildman–Crippen LogP) is 5.32. The number of aryl methyl sites for hydroxylation is 1. The third-order valence-corrected chi connectivity index (χ3v) is 10.1. The van der Waals surface area contributed by atoms with Crippen LogP contribution in [0.3, 0.4) is 0 Å². The van der Waals surface area contributed by atoms with Crippen molar-refractivity contribution in [3.05, 3.63) is 93.6 Å². The average Bonchev–Trinajstić information content (AvgIpc) is 3.06. The first-order chi connectivity index (χ1) is 21.8. The molecule has 0 aliphatic heterocycles. The molecule has 1 saturated carbocycles. The smallest absolute Gasteiger partial charge is 0.260 e. The Bertz CT molecular complexity index is 1940. The van der Waals surface area contributed by atoms with Gasteiger partial charge in [-0.2, -0.15) is 4.31 Å². The fourth-order valence-electron chi connectivity index (χ4n) is 5.60. The van der Waals surface area contributed by atoms with Crippen LogP contribution in [0.25, 0.3) is 10.9 Å². The molecule has 5 rings (SSSR count). The van der Waals surface area contributed by atoms with E-state index in [1.807, 2.05) is 6.07 Å². The summed E-state index contributed by atoms with van der Waals surface area (Å²) in [6.45, 7) is -0.520.